The molecule has 118 valence electrons. The number of thiazole rings is 1. The van der Waals surface area contributed by atoms with Gasteiger partial charge in [0.05, 0.1) is 0 Å². The van der Waals surface area contributed by atoms with Gasteiger partial charge in [0.1, 0.15) is 10.7 Å². The molecule has 0 aliphatic carbocycles. The Morgan fingerprint density at radius 3 is 2.62 bits per heavy atom. The minimum absolute atomic E-state index is 0.0287. The molecule has 0 bridgehead atoms. The number of nitrogens with one attached hydrogen (secondary N) is 1. The first-order chi connectivity index (χ1) is 9.86. The second-order valence-corrected chi connectivity index (χ2v) is 7.66. The van der Waals surface area contributed by atoms with Gasteiger partial charge in [0, 0.05) is 19.6 Å². The van der Waals surface area contributed by atoms with Crippen molar-refractivity contribution < 1.29 is 4.79 Å². The lowest BCUT2D eigenvalue weighted by Gasteiger charge is -2.34. The van der Waals surface area contributed by atoms with E-state index in [0.29, 0.717) is 28.4 Å². The molecule has 1 aliphatic heterocycles. The molecule has 1 aliphatic rings. The topological polar surface area (TPSA) is 71.2 Å². The van der Waals surface area contributed by atoms with Crippen molar-refractivity contribution in [2.45, 2.75) is 34.1 Å². The highest BCUT2D eigenvalue weighted by atomic mass is 32.1. The Morgan fingerprint density at radius 1 is 1.43 bits per heavy atom. The maximum atomic E-state index is 12.7. The molecule has 6 heteroatoms. The number of nitrogens with two attached hydrogens (primary N) is 1. The van der Waals surface area contributed by atoms with Crippen LogP contribution < -0.4 is 11.1 Å². The molecule has 0 saturated carbocycles. The molecule has 1 saturated heterocycles. The van der Waals surface area contributed by atoms with Crippen LogP contribution in [-0.2, 0) is 0 Å². The fourth-order valence-electron chi connectivity index (χ4n) is 2.82. The summed E-state index contributed by atoms with van der Waals surface area (Å²) < 4.78 is 0. The number of carbonyl (C=O) groups is 1. The van der Waals surface area contributed by atoms with E-state index in [2.05, 4.69) is 38.0 Å². The van der Waals surface area contributed by atoms with Crippen molar-refractivity contribution in [2.24, 2.45) is 17.8 Å². The van der Waals surface area contributed by atoms with Gasteiger partial charge in [0.25, 0.3) is 5.91 Å². The highest BCUT2D eigenvalue weighted by Gasteiger charge is 2.28. The molecule has 1 aromatic rings. The quantitative estimate of drug-likeness (QED) is 0.897. The lowest BCUT2D eigenvalue weighted by atomic mass is 9.92. The Hall–Kier alpha value is -1.30. The first-order valence-electron chi connectivity index (χ1n) is 7.66. The summed E-state index contributed by atoms with van der Waals surface area (Å²) in [4.78, 5) is 19.4. The normalized spacial score (nSPS) is 22.6. The van der Waals surface area contributed by atoms with Gasteiger partial charge in [-0.15, -0.1) is 0 Å². The van der Waals surface area contributed by atoms with Crippen molar-refractivity contribution in [3.8, 4) is 0 Å². The second-order valence-electron chi connectivity index (χ2n) is 6.66. The van der Waals surface area contributed by atoms with Gasteiger partial charge in [0.2, 0.25) is 0 Å². The van der Waals surface area contributed by atoms with Crippen LogP contribution in [0.15, 0.2) is 0 Å². The predicted octanol–water partition coefficient (Wildman–Crippen LogP) is 2.91. The molecular weight excluding hydrogens is 284 g/mol. The van der Waals surface area contributed by atoms with Gasteiger partial charge >= 0.3 is 0 Å². The molecule has 5 nitrogen and oxygen atoms in total. The second kappa shape index (κ2) is 6.64. The highest BCUT2D eigenvalue weighted by Crippen LogP contribution is 2.29. The van der Waals surface area contributed by atoms with Gasteiger partial charge in [-0.05, 0) is 24.2 Å². The van der Waals surface area contributed by atoms with Gasteiger partial charge in [-0.1, -0.05) is 39.0 Å². The zero-order chi connectivity index (χ0) is 15.6. The maximum Gasteiger partial charge on any atom is 0.267 e. The number of hydrogen-bond donors (Lipinski definition) is 2. The molecular formula is C15H26N4OS. The van der Waals surface area contributed by atoms with E-state index < -0.39 is 0 Å². The van der Waals surface area contributed by atoms with Gasteiger partial charge in [-0.3, -0.25) is 4.79 Å². The summed E-state index contributed by atoms with van der Waals surface area (Å²) in [7, 11) is 0. The smallest absolute Gasteiger partial charge is 0.267 e. The summed E-state index contributed by atoms with van der Waals surface area (Å²) in [5.41, 5.74) is 5.94. The average molecular weight is 310 g/mol. The molecule has 1 fully saturated rings. The molecule has 2 unspecified atom stereocenters. The van der Waals surface area contributed by atoms with Crippen LogP contribution in [0.2, 0.25) is 0 Å². The van der Waals surface area contributed by atoms with E-state index in [1.165, 1.54) is 17.8 Å². The van der Waals surface area contributed by atoms with Gasteiger partial charge < -0.3 is 16.0 Å². The number of nitrogens with zero attached hydrogens (tertiary/aromatic N) is 2. The number of piperidine rings is 1. The van der Waals surface area contributed by atoms with Crippen molar-refractivity contribution in [3.05, 3.63) is 4.88 Å². The van der Waals surface area contributed by atoms with Crippen LogP contribution in [0.1, 0.15) is 43.8 Å². The Kier molecular flexibility index (Phi) is 5.08. The molecule has 1 amide bonds. The number of rotatable bonds is 4. The van der Waals surface area contributed by atoms with Crippen molar-refractivity contribution in [2.75, 3.05) is 30.7 Å². The van der Waals surface area contributed by atoms with Gasteiger partial charge in [-0.25, -0.2) is 4.98 Å². The zero-order valence-electron chi connectivity index (χ0n) is 13.3. The Labute approximate surface area is 130 Å². The monoisotopic (exact) mass is 310 g/mol. The summed E-state index contributed by atoms with van der Waals surface area (Å²) in [6, 6.07) is 0. The third-order valence-electron chi connectivity index (χ3n) is 3.67. The summed E-state index contributed by atoms with van der Waals surface area (Å²) in [5.74, 6) is 2.00. The summed E-state index contributed by atoms with van der Waals surface area (Å²) >= 11 is 1.37. The fourth-order valence-corrected chi connectivity index (χ4v) is 3.68. The number of aromatic nitrogens is 1. The molecule has 2 rings (SSSR count). The van der Waals surface area contributed by atoms with E-state index in [1.807, 2.05) is 4.90 Å². The SMILES string of the molecule is CC(C)CNc1nc(N)c(C(=O)N2CC(C)CC(C)C2)s1. The third-order valence-corrected chi connectivity index (χ3v) is 4.68. The van der Waals surface area contributed by atoms with Crippen molar-refractivity contribution in [1.29, 1.82) is 0 Å². The third kappa shape index (κ3) is 4.09. The summed E-state index contributed by atoms with van der Waals surface area (Å²) in [5, 5.41) is 3.98. The number of hydrogen-bond acceptors (Lipinski definition) is 5. The number of likely N-dealkylation sites (tertiary alicyclic amines) is 1. The highest BCUT2D eigenvalue weighted by molar-refractivity contribution is 7.18. The standard InChI is InChI=1S/C15H26N4OS/c1-9(2)6-17-15-18-13(16)12(21-15)14(20)19-7-10(3)5-11(4)8-19/h9-11H,5-8,16H2,1-4H3,(H,17,18). The van der Waals surface area contributed by atoms with Crippen LogP contribution in [0.5, 0.6) is 0 Å². The minimum Gasteiger partial charge on any atom is -0.382 e. The van der Waals surface area contributed by atoms with Crippen molar-refractivity contribution in [3.63, 3.8) is 0 Å². The molecule has 0 radical (unpaired) electrons. The predicted molar refractivity (Wildman–Crippen MR) is 88.7 cm³/mol. The van der Waals surface area contributed by atoms with E-state index >= 15 is 0 Å². The summed E-state index contributed by atoms with van der Waals surface area (Å²) in [6.45, 7) is 11.1. The van der Waals surface area contributed by atoms with Crippen LogP contribution in [0.25, 0.3) is 0 Å². The Morgan fingerprint density at radius 2 is 2.05 bits per heavy atom. The van der Waals surface area contributed by atoms with Crippen LogP contribution in [0.4, 0.5) is 10.9 Å². The number of anilines is 2. The van der Waals surface area contributed by atoms with E-state index in [4.69, 9.17) is 5.73 Å². The number of carbonyl (C=O) groups excluding carboxylic acids is 1. The number of nitrogen functional groups attached to an aromatic ring is 1. The Bertz CT molecular complexity index is 490. The zero-order valence-corrected chi connectivity index (χ0v) is 14.2. The van der Waals surface area contributed by atoms with Gasteiger partial charge in [-0.2, -0.15) is 0 Å². The van der Waals surface area contributed by atoms with Crippen LogP contribution in [0.3, 0.4) is 0 Å². The lowest BCUT2D eigenvalue weighted by Crippen LogP contribution is -2.42. The van der Waals surface area contributed by atoms with E-state index in [9.17, 15) is 4.79 Å². The number of amides is 1. The molecule has 21 heavy (non-hydrogen) atoms. The minimum atomic E-state index is 0.0287. The molecule has 1 aromatic heterocycles. The first-order valence-corrected chi connectivity index (χ1v) is 8.48. The average Bonchev–Trinajstić information content (AvgIpc) is 2.75. The molecule has 0 spiro atoms. The van der Waals surface area contributed by atoms with E-state index in [0.717, 1.165) is 24.8 Å². The maximum absolute atomic E-state index is 12.7. The molecule has 0 aromatic carbocycles. The van der Waals surface area contributed by atoms with Crippen LogP contribution in [-0.4, -0.2) is 35.4 Å². The van der Waals surface area contributed by atoms with Gasteiger partial charge in [0.15, 0.2) is 5.13 Å². The Balaban J connectivity index is 2.08. The first kappa shape index (κ1) is 16.1. The van der Waals surface area contributed by atoms with Crippen molar-refractivity contribution >= 4 is 28.2 Å². The largest absolute Gasteiger partial charge is 0.382 e. The lowest BCUT2D eigenvalue weighted by molar-refractivity contribution is 0.0629. The summed E-state index contributed by atoms with van der Waals surface area (Å²) in [6.07, 6.45) is 1.18. The van der Waals surface area contributed by atoms with Crippen LogP contribution in [0, 0.1) is 17.8 Å². The molecule has 3 N–H and O–H groups in total. The van der Waals surface area contributed by atoms with Crippen LogP contribution >= 0.6 is 11.3 Å². The molecule has 2 atom stereocenters. The van der Waals surface area contributed by atoms with E-state index in [-0.39, 0.29) is 5.91 Å². The molecule has 2 heterocycles. The van der Waals surface area contributed by atoms with E-state index in [1.54, 1.807) is 0 Å². The fraction of sp³-hybridized carbons (Fsp3) is 0.733. The van der Waals surface area contributed by atoms with Crippen molar-refractivity contribution in [1.82, 2.24) is 9.88 Å².